The minimum atomic E-state index is -0.798. The Labute approximate surface area is 54.2 Å². The molecule has 52 valence electrons. The highest BCUT2D eigenvalue weighted by Gasteiger charge is 2.05. The molecule has 0 saturated carbocycles. The molecule has 0 rings (SSSR count). The van der Waals surface area contributed by atoms with Crippen LogP contribution in [0.4, 0.5) is 0 Å². The lowest BCUT2D eigenvalue weighted by molar-refractivity contribution is -0.402. The Bertz CT molecular complexity index is 120. The third-order valence-electron chi connectivity index (χ3n) is 0.901. The van der Waals surface area contributed by atoms with Crippen LogP contribution in [0, 0.1) is 0 Å². The van der Waals surface area contributed by atoms with Crippen LogP contribution >= 0.6 is 0 Å². The largest absolute Gasteiger partial charge is 0.481 e. The molecule has 0 aliphatic heterocycles. The minimum absolute atomic E-state index is 0.0903. The van der Waals surface area contributed by atoms with Crippen molar-refractivity contribution in [2.75, 3.05) is 0 Å². The Hall–Kier alpha value is -0.830. The first-order chi connectivity index (χ1) is 4.16. The van der Waals surface area contributed by atoms with Gasteiger partial charge >= 0.3 is 5.97 Å². The number of carboxylic acids is 1. The van der Waals surface area contributed by atoms with Crippen molar-refractivity contribution in [1.29, 1.82) is 0 Å². The Morgan fingerprint density at radius 2 is 2.44 bits per heavy atom. The van der Waals surface area contributed by atoms with Crippen molar-refractivity contribution in [2.24, 2.45) is 0 Å². The van der Waals surface area contributed by atoms with Gasteiger partial charge in [0, 0.05) is 0 Å². The molecule has 9 heavy (non-hydrogen) atoms. The van der Waals surface area contributed by atoms with Crippen LogP contribution in [0.2, 0.25) is 0 Å². The predicted octanol–water partition coefficient (Wildman–Crippen LogP) is -0.352. The van der Waals surface area contributed by atoms with Gasteiger partial charge in [-0.15, -0.1) is 0 Å². The van der Waals surface area contributed by atoms with Crippen molar-refractivity contribution >= 4 is 5.97 Å². The molecule has 3 nitrogen and oxygen atoms in total. The number of carbonyl (C=O) groups is 1. The third kappa shape index (κ3) is 5.03. The van der Waals surface area contributed by atoms with E-state index in [9.17, 15) is 4.79 Å². The summed E-state index contributed by atoms with van der Waals surface area (Å²) in [5, 5.41) is 8.24. The van der Waals surface area contributed by atoms with Gasteiger partial charge in [-0.3, -0.25) is 4.79 Å². The Morgan fingerprint density at radius 1 is 1.89 bits per heavy atom. The van der Waals surface area contributed by atoms with Crippen molar-refractivity contribution in [2.45, 2.75) is 19.4 Å². The topological polar surface area (TPSA) is 64.9 Å². The van der Waals surface area contributed by atoms with Gasteiger partial charge in [-0.25, -0.2) is 0 Å². The molecule has 0 aromatic carbocycles. The molecule has 0 amide bonds. The standard InChI is InChI=1S/C6H11NO2/c1-2-3-5(7)4-6(8)9/h2-3,5H,4,7H2,1H3,(H,8,9)/p+1/b3-2-. The molecular weight excluding hydrogens is 118 g/mol. The maximum atomic E-state index is 10.0. The first kappa shape index (κ1) is 8.17. The lowest BCUT2D eigenvalue weighted by atomic mass is 10.2. The Balaban J connectivity index is 3.50. The van der Waals surface area contributed by atoms with E-state index in [1.807, 2.05) is 6.92 Å². The summed E-state index contributed by atoms with van der Waals surface area (Å²) in [6.07, 6.45) is 3.69. The fourth-order valence-corrected chi connectivity index (χ4v) is 0.564. The summed E-state index contributed by atoms with van der Waals surface area (Å²) in [5.41, 5.74) is 3.60. The summed E-state index contributed by atoms with van der Waals surface area (Å²) in [6.45, 7) is 1.85. The van der Waals surface area contributed by atoms with Crippen LogP contribution in [0.5, 0.6) is 0 Å². The zero-order chi connectivity index (χ0) is 7.28. The normalized spacial score (nSPS) is 14.0. The van der Waals surface area contributed by atoms with E-state index in [1.54, 1.807) is 12.2 Å². The second-order valence-electron chi connectivity index (χ2n) is 1.88. The first-order valence-electron chi connectivity index (χ1n) is 2.84. The highest BCUT2D eigenvalue weighted by atomic mass is 16.4. The molecule has 0 aliphatic carbocycles. The van der Waals surface area contributed by atoms with Gasteiger partial charge in [-0.1, -0.05) is 6.08 Å². The van der Waals surface area contributed by atoms with E-state index in [2.05, 4.69) is 5.73 Å². The van der Waals surface area contributed by atoms with Crippen LogP contribution in [-0.4, -0.2) is 17.1 Å². The molecule has 0 heterocycles. The van der Waals surface area contributed by atoms with Crippen molar-refractivity contribution in [3.63, 3.8) is 0 Å². The van der Waals surface area contributed by atoms with Gasteiger partial charge < -0.3 is 10.8 Å². The van der Waals surface area contributed by atoms with Crippen LogP contribution in [-0.2, 0) is 4.79 Å². The fraction of sp³-hybridized carbons (Fsp3) is 0.500. The monoisotopic (exact) mass is 130 g/mol. The van der Waals surface area contributed by atoms with Gasteiger partial charge in [0.05, 0.1) is 0 Å². The molecule has 0 radical (unpaired) electrons. The summed E-state index contributed by atoms with van der Waals surface area (Å²) in [4.78, 5) is 10.0. The van der Waals surface area contributed by atoms with Gasteiger partial charge in [-0.2, -0.15) is 0 Å². The highest BCUT2D eigenvalue weighted by Crippen LogP contribution is 1.86. The lowest BCUT2D eigenvalue weighted by Gasteiger charge is -1.95. The van der Waals surface area contributed by atoms with Crippen LogP contribution in [0.3, 0.4) is 0 Å². The molecule has 1 atom stereocenters. The number of rotatable bonds is 3. The molecule has 0 fully saturated rings. The summed E-state index contributed by atoms with van der Waals surface area (Å²) < 4.78 is 0. The molecular formula is C6H12NO2+. The number of aliphatic carboxylic acids is 1. The molecule has 0 spiro atoms. The molecule has 0 aliphatic rings. The number of hydrogen-bond donors (Lipinski definition) is 2. The van der Waals surface area contributed by atoms with Gasteiger partial charge in [-0.05, 0) is 13.0 Å². The molecule has 3 heteroatoms. The maximum absolute atomic E-state index is 10.0. The number of quaternary nitrogens is 1. The van der Waals surface area contributed by atoms with Gasteiger partial charge in [0.1, 0.15) is 12.5 Å². The van der Waals surface area contributed by atoms with E-state index in [-0.39, 0.29) is 12.5 Å². The number of allylic oxidation sites excluding steroid dienone is 1. The van der Waals surface area contributed by atoms with E-state index >= 15 is 0 Å². The average molecular weight is 130 g/mol. The van der Waals surface area contributed by atoms with Crippen molar-refractivity contribution in [1.82, 2.24) is 0 Å². The fourth-order valence-electron chi connectivity index (χ4n) is 0.564. The highest BCUT2D eigenvalue weighted by molar-refractivity contribution is 5.67. The van der Waals surface area contributed by atoms with Gasteiger partial charge in [0.15, 0.2) is 0 Å². The zero-order valence-electron chi connectivity index (χ0n) is 5.50. The third-order valence-corrected chi connectivity index (χ3v) is 0.901. The summed E-state index contributed by atoms with van der Waals surface area (Å²) in [6, 6.07) is -0.0903. The summed E-state index contributed by atoms with van der Waals surface area (Å²) in [5.74, 6) is -0.798. The van der Waals surface area contributed by atoms with E-state index in [1.165, 1.54) is 0 Å². The summed E-state index contributed by atoms with van der Waals surface area (Å²) in [7, 11) is 0. The lowest BCUT2D eigenvalue weighted by Crippen LogP contribution is -2.60. The van der Waals surface area contributed by atoms with Crippen LogP contribution in [0.25, 0.3) is 0 Å². The molecule has 0 saturated heterocycles. The molecule has 4 N–H and O–H groups in total. The molecule has 0 aromatic heterocycles. The Morgan fingerprint density at radius 3 is 2.78 bits per heavy atom. The van der Waals surface area contributed by atoms with E-state index in [4.69, 9.17) is 5.11 Å². The van der Waals surface area contributed by atoms with Gasteiger partial charge in [0.2, 0.25) is 0 Å². The molecule has 1 unspecified atom stereocenters. The number of hydrogen-bond acceptors (Lipinski definition) is 1. The van der Waals surface area contributed by atoms with Gasteiger partial charge in [0.25, 0.3) is 0 Å². The smallest absolute Gasteiger partial charge is 0.309 e. The average Bonchev–Trinajstić information content (AvgIpc) is 1.63. The van der Waals surface area contributed by atoms with Crippen LogP contribution in [0.1, 0.15) is 13.3 Å². The summed E-state index contributed by atoms with van der Waals surface area (Å²) >= 11 is 0. The second kappa shape index (κ2) is 4.09. The van der Waals surface area contributed by atoms with Crippen molar-refractivity contribution < 1.29 is 15.6 Å². The second-order valence-corrected chi connectivity index (χ2v) is 1.88. The Kier molecular flexibility index (Phi) is 3.71. The van der Waals surface area contributed by atoms with E-state index in [0.29, 0.717) is 0 Å². The quantitative estimate of drug-likeness (QED) is 0.513. The first-order valence-corrected chi connectivity index (χ1v) is 2.84. The maximum Gasteiger partial charge on any atom is 0.309 e. The van der Waals surface area contributed by atoms with E-state index < -0.39 is 5.97 Å². The van der Waals surface area contributed by atoms with Crippen molar-refractivity contribution in [3.8, 4) is 0 Å². The molecule has 0 bridgehead atoms. The number of carboxylic acid groups (broad SMARTS) is 1. The molecule has 0 aromatic rings. The van der Waals surface area contributed by atoms with Crippen molar-refractivity contribution in [3.05, 3.63) is 12.2 Å². The van der Waals surface area contributed by atoms with Crippen LogP contribution in [0.15, 0.2) is 12.2 Å². The predicted molar refractivity (Wildman–Crippen MR) is 33.7 cm³/mol. The zero-order valence-corrected chi connectivity index (χ0v) is 5.50. The van der Waals surface area contributed by atoms with Crippen LogP contribution < -0.4 is 5.73 Å². The van der Waals surface area contributed by atoms with E-state index in [0.717, 1.165) is 0 Å². The SMILES string of the molecule is C/C=C\C([NH3+])CC(=O)O. The minimum Gasteiger partial charge on any atom is -0.481 e.